The Hall–Kier alpha value is -1.10. The molecule has 0 fully saturated rings. The van der Waals surface area contributed by atoms with Gasteiger partial charge in [0.05, 0.1) is 19.3 Å². The highest BCUT2D eigenvalue weighted by atomic mass is 16.5. The molecule has 2 atom stereocenters. The van der Waals surface area contributed by atoms with Gasteiger partial charge in [-0.15, -0.1) is 0 Å². The monoisotopic (exact) mass is 267 g/mol. The maximum Gasteiger partial charge on any atom is 0.139 e. The molecule has 0 saturated heterocycles. The number of benzene rings is 1. The molecular weight excluding hydrogens is 242 g/mol. The van der Waals surface area contributed by atoms with E-state index < -0.39 is 6.10 Å². The molecule has 0 bridgehead atoms. The third kappa shape index (κ3) is 4.49. The molecule has 0 radical (unpaired) electrons. The molecule has 108 valence electrons. The topological polar surface area (TPSA) is 64.7 Å². The number of aryl methyl sites for hydroxylation is 1. The highest BCUT2D eigenvalue weighted by molar-refractivity contribution is 5.38. The van der Waals surface area contributed by atoms with Crippen molar-refractivity contribution in [3.8, 4) is 5.75 Å². The van der Waals surface area contributed by atoms with E-state index in [1.54, 1.807) is 7.11 Å². The Kier molecular flexibility index (Phi) is 6.28. The van der Waals surface area contributed by atoms with Crippen LogP contribution in [0.1, 0.15) is 30.9 Å². The third-order valence-electron chi connectivity index (χ3n) is 3.17. The maximum absolute atomic E-state index is 9.39. The average Bonchev–Trinajstić information content (AvgIpc) is 2.37. The lowest BCUT2D eigenvalue weighted by Gasteiger charge is -2.24. The lowest BCUT2D eigenvalue weighted by atomic mass is 10.0. The Morgan fingerprint density at radius 3 is 2.53 bits per heavy atom. The van der Waals surface area contributed by atoms with E-state index in [9.17, 15) is 5.11 Å². The SMILES string of the molecule is COCC(N)C(CO)Oc1cc(C(C)C)ccc1C. The lowest BCUT2D eigenvalue weighted by Crippen LogP contribution is -2.44. The van der Waals surface area contributed by atoms with E-state index in [-0.39, 0.29) is 12.6 Å². The summed E-state index contributed by atoms with van der Waals surface area (Å²) in [5.41, 5.74) is 8.17. The number of nitrogens with two attached hydrogens (primary N) is 1. The van der Waals surface area contributed by atoms with Crippen molar-refractivity contribution < 1.29 is 14.6 Å². The van der Waals surface area contributed by atoms with Gasteiger partial charge in [-0.2, -0.15) is 0 Å². The van der Waals surface area contributed by atoms with Gasteiger partial charge in [0.2, 0.25) is 0 Å². The van der Waals surface area contributed by atoms with Crippen LogP contribution in [-0.4, -0.2) is 37.6 Å². The molecule has 1 aromatic carbocycles. The molecule has 0 aliphatic carbocycles. The predicted octanol–water partition coefficient (Wildman–Crippen LogP) is 1.83. The predicted molar refractivity (Wildman–Crippen MR) is 76.6 cm³/mol. The van der Waals surface area contributed by atoms with Crippen LogP contribution in [0.3, 0.4) is 0 Å². The second kappa shape index (κ2) is 7.48. The molecule has 1 rings (SSSR count). The number of ether oxygens (including phenoxy) is 2. The van der Waals surface area contributed by atoms with E-state index in [1.807, 2.05) is 19.1 Å². The Labute approximate surface area is 115 Å². The van der Waals surface area contributed by atoms with Crippen molar-refractivity contribution in [2.75, 3.05) is 20.3 Å². The van der Waals surface area contributed by atoms with Crippen LogP contribution in [0, 0.1) is 6.92 Å². The van der Waals surface area contributed by atoms with Gasteiger partial charge in [0.1, 0.15) is 11.9 Å². The highest BCUT2D eigenvalue weighted by Crippen LogP contribution is 2.25. The molecule has 0 aliphatic rings. The molecule has 3 N–H and O–H groups in total. The van der Waals surface area contributed by atoms with Crippen molar-refractivity contribution in [3.63, 3.8) is 0 Å². The van der Waals surface area contributed by atoms with Gasteiger partial charge in [0.15, 0.2) is 0 Å². The fourth-order valence-corrected chi connectivity index (χ4v) is 1.83. The minimum atomic E-state index is -0.457. The first-order valence-electron chi connectivity index (χ1n) is 6.62. The van der Waals surface area contributed by atoms with Crippen LogP contribution in [0.25, 0.3) is 0 Å². The maximum atomic E-state index is 9.39. The van der Waals surface area contributed by atoms with E-state index in [2.05, 4.69) is 19.9 Å². The van der Waals surface area contributed by atoms with Gasteiger partial charge in [-0.05, 0) is 30.0 Å². The molecule has 0 saturated carbocycles. The number of rotatable bonds is 7. The molecule has 0 heterocycles. The zero-order valence-corrected chi connectivity index (χ0v) is 12.2. The summed E-state index contributed by atoms with van der Waals surface area (Å²) in [6, 6.07) is 5.79. The Bertz CT molecular complexity index is 393. The number of aliphatic hydroxyl groups is 1. The van der Waals surface area contributed by atoms with Crippen LogP contribution in [0.2, 0.25) is 0 Å². The second-order valence-corrected chi connectivity index (χ2v) is 5.14. The first kappa shape index (κ1) is 16.0. The first-order chi connectivity index (χ1) is 8.99. The van der Waals surface area contributed by atoms with Crippen molar-refractivity contribution in [2.24, 2.45) is 5.73 Å². The van der Waals surface area contributed by atoms with Crippen molar-refractivity contribution in [1.29, 1.82) is 0 Å². The molecule has 4 heteroatoms. The normalized spacial score (nSPS) is 14.5. The second-order valence-electron chi connectivity index (χ2n) is 5.14. The number of methoxy groups -OCH3 is 1. The molecule has 2 unspecified atom stereocenters. The first-order valence-corrected chi connectivity index (χ1v) is 6.62. The van der Waals surface area contributed by atoms with Gasteiger partial charge in [-0.3, -0.25) is 0 Å². The van der Waals surface area contributed by atoms with Gasteiger partial charge in [0.25, 0.3) is 0 Å². The molecule has 19 heavy (non-hydrogen) atoms. The standard InChI is InChI=1S/C15H25NO3/c1-10(2)12-6-5-11(3)14(7-12)19-15(8-17)13(16)9-18-4/h5-7,10,13,15,17H,8-9,16H2,1-4H3. The van der Waals surface area contributed by atoms with E-state index in [0.29, 0.717) is 12.5 Å². The fraction of sp³-hybridized carbons (Fsp3) is 0.600. The summed E-state index contributed by atoms with van der Waals surface area (Å²) < 4.78 is 10.8. The Morgan fingerprint density at radius 1 is 1.32 bits per heavy atom. The summed E-state index contributed by atoms with van der Waals surface area (Å²) in [6.07, 6.45) is -0.457. The minimum absolute atomic E-state index is 0.129. The van der Waals surface area contributed by atoms with Crippen molar-refractivity contribution in [1.82, 2.24) is 0 Å². The lowest BCUT2D eigenvalue weighted by molar-refractivity contribution is 0.0600. The van der Waals surface area contributed by atoms with Gasteiger partial charge in [-0.1, -0.05) is 26.0 Å². The zero-order valence-electron chi connectivity index (χ0n) is 12.2. The minimum Gasteiger partial charge on any atom is -0.486 e. The number of hydrogen-bond acceptors (Lipinski definition) is 4. The summed E-state index contributed by atoms with van der Waals surface area (Å²) in [5.74, 6) is 1.21. The van der Waals surface area contributed by atoms with Crippen LogP contribution in [0.4, 0.5) is 0 Å². The van der Waals surface area contributed by atoms with E-state index >= 15 is 0 Å². The van der Waals surface area contributed by atoms with Crippen molar-refractivity contribution in [2.45, 2.75) is 38.8 Å². The van der Waals surface area contributed by atoms with Crippen LogP contribution >= 0.6 is 0 Å². The Balaban J connectivity index is 2.86. The molecule has 0 amide bonds. The van der Waals surface area contributed by atoms with Gasteiger partial charge in [-0.25, -0.2) is 0 Å². The smallest absolute Gasteiger partial charge is 0.139 e. The molecule has 0 aliphatic heterocycles. The molecular formula is C15H25NO3. The summed E-state index contributed by atoms with van der Waals surface area (Å²) in [6.45, 7) is 6.48. The van der Waals surface area contributed by atoms with Crippen LogP contribution < -0.4 is 10.5 Å². The number of hydrogen-bond donors (Lipinski definition) is 2. The van der Waals surface area contributed by atoms with Crippen molar-refractivity contribution in [3.05, 3.63) is 29.3 Å². The Morgan fingerprint density at radius 2 is 2.00 bits per heavy atom. The van der Waals surface area contributed by atoms with Crippen molar-refractivity contribution >= 4 is 0 Å². The summed E-state index contributed by atoms with van der Waals surface area (Å²) in [5, 5.41) is 9.39. The largest absolute Gasteiger partial charge is 0.486 e. The van der Waals surface area contributed by atoms with Crippen LogP contribution in [-0.2, 0) is 4.74 Å². The van der Waals surface area contributed by atoms with Crippen LogP contribution in [0.5, 0.6) is 5.75 Å². The van der Waals surface area contributed by atoms with Gasteiger partial charge in [0, 0.05) is 7.11 Å². The van der Waals surface area contributed by atoms with E-state index in [1.165, 1.54) is 5.56 Å². The third-order valence-corrected chi connectivity index (χ3v) is 3.17. The fourth-order valence-electron chi connectivity index (χ4n) is 1.83. The molecule has 4 nitrogen and oxygen atoms in total. The molecule has 1 aromatic rings. The highest BCUT2D eigenvalue weighted by Gasteiger charge is 2.19. The summed E-state index contributed by atoms with van der Waals surface area (Å²) >= 11 is 0. The van der Waals surface area contributed by atoms with E-state index in [4.69, 9.17) is 15.2 Å². The van der Waals surface area contributed by atoms with Gasteiger partial charge >= 0.3 is 0 Å². The van der Waals surface area contributed by atoms with Crippen LogP contribution in [0.15, 0.2) is 18.2 Å². The molecule has 0 aromatic heterocycles. The number of aliphatic hydroxyl groups excluding tert-OH is 1. The quantitative estimate of drug-likeness (QED) is 0.791. The summed E-state index contributed by atoms with van der Waals surface area (Å²) in [4.78, 5) is 0. The molecule has 0 spiro atoms. The zero-order chi connectivity index (χ0) is 14.4. The van der Waals surface area contributed by atoms with E-state index in [0.717, 1.165) is 11.3 Å². The van der Waals surface area contributed by atoms with Gasteiger partial charge < -0.3 is 20.3 Å². The average molecular weight is 267 g/mol. The summed E-state index contributed by atoms with van der Waals surface area (Å²) in [7, 11) is 1.58.